The van der Waals surface area contributed by atoms with Gasteiger partial charge in [0.25, 0.3) is 0 Å². The molecule has 0 aliphatic rings. The fraction of sp³-hybridized carbons (Fsp3) is 0. The van der Waals surface area contributed by atoms with Crippen molar-refractivity contribution in [2.45, 2.75) is 0 Å². The van der Waals surface area contributed by atoms with Gasteiger partial charge in [-0.15, -0.1) is 0 Å². The van der Waals surface area contributed by atoms with Crippen LogP contribution in [0.25, 0.3) is 0 Å². The molecular weight excluding hydrogens is 658 g/mol. The van der Waals surface area contributed by atoms with E-state index in [9.17, 15) is 0 Å². The molecule has 0 N–H and O–H groups in total. The van der Waals surface area contributed by atoms with E-state index in [1.54, 1.807) is 0 Å². The van der Waals surface area contributed by atoms with Gasteiger partial charge in [-0.3, -0.25) is 0 Å². The molecule has 0 aromatic rings. The predicted octanol–water partition coefficient (Wildman–Crippen LogP) is -0.599. The Labute approximate surface area is 125 Å². The Morgan fingerprint density at radius 2 is 0.333 bits per heavy atom. The first-order valence-electron chi connectivity index (χ1n) is 0. The molecule has 0 bridgehead atoms. The summed E-state index contributed by atoms with van der Waals surface area (Å²) in [5.74, 6) is 0. The standard InChI is InChI=1S/5O.2U.2V/q5*-2;;;2*+5. The van der Waals surface area contributed by atoms with Crippen LogP contribution in [-0.4, -0.2) is 0 Å². The monoisotopic (exact) mass is 658 g/mol. The Hall–Kier alpha value is 3.07. The maximum absolute atomic E-state index is 0. The molecule has 0 saturated carbocycles. The molecule has 0 atom stereocenters. The fourth-order valence-electron chi connectivity index (χ4n) is 0. The Kier molecular flexibility index (Phi) is 2070. The van der Waals surface area contributed by atoms with Crippen molar-refractivity contribution in [3.8, 4) is 0 Å². The third-order valence-electron chi connectivity index (χ3n) is 0. The average Bonchev–Trinajstić information content (AvgIpc) is 0. The van der Waals surface area contributed by atoms with Gasteiger partial charge in [-0.25, -0.2) is 0 Å². The molecule has 0 heterocycles. The number of hydrogen-bond donors (Lipinski definition) is 0. The maximum Gasteiger partial charge on any atom is 5.00 e. The zero-order valence-corrected chi connectivity index (χ0v) is 15.1. The van der Waals surface area contributed by atoms with Crippen LogP contribution in [-0.2, 0) is 64.5 Å². The van der Waals surface area contributed by atoms with Crippen LogP contribution in [0.15, 0.2) is 0 Å². The zero-order chi connectivity index (χ0) is 0. The zero-order valence-electron chi connectivity index (χ0n) is 3.94. The molecule has 0 radical (unpaired) electrons. The quantitative estimate of drug-likeness (QED) is 0.328. The van der Waals surface area contributed by atoms with Gasteiger partial charge in [0.05, 0.1) is 0 Å². The summed E-state index contributed by atoms with van der Waals surface area (Å²) in [6.07, 6.45) is 0. The number of rotatable bonds is 0. The molecule has 0 saturated heterocycles. The van der Waals surface area contributed by atoms with E-state index in [4.69, 9.17) is 0 Å². The summed E-state index contributed by atoms with van der Waals surface area (Å²) >= 11 is 0. The van der Waals surface area contributed by atoms with Gasteiger partial charge in [0.15, 0.2) is 0 Å². The summed E-state index contributed by atoms with van der Waals surface area (Å²) in [5, 5.41) is 0. The Balaban J connectivity index is 0. The topological polar surface area (TPSA) is 142 Å². The van der Waals surface area contributed by atoms with Gasteiger partial charge in [-0.2, -0.15) is 0 Å². The third kappa shape index (κ3) is 96.5. The SMILES string of the molecule is [O-2].[O-2].[O-2].[O-2].[O-2].[U].[U].[V+5].[V+5]. The first kappa shape index (κ1) is 157. The molecule has 0 aliphatic carbocycles. The van der Waals surface area contributed by atoms with Gasteiger partial charge < -0.3 is 27.4 Å². The van der Waals surface area contributed by atoms with E-state index in [2.05, 4.69) is 0 Å². The Morgan fingerprint density at radius 1 is 0.333 bits per heavy atom. The minimum absolute atomic E-state index is 0. The molecular formula is O5U2V2. The normalized spacial score (nSPS) is 0. The van der Waals surface area contributed by atoms with E-state index in [0.29, 0.717) is 0 Å². The predicted molar refractivity (Wildman–Crippen MR) is 3.43 cm³/mol. The largest absolute Gasteiger partial charge is 5.00 e. The van der Waals surface area contributed by atoms with E-state index in [1.807, 2.05) is 0 Å². The maximum atomic E-state index is 0. The summed E-state index contributed by atoms with van der Waals surface area (Å²) in [4.78, 5) is 0. The van der Waals surface area contributed by atoms with Crippen molar-refractivity contribution in [1.82, 2.24) is 0 Å². The molecule has 0 fully saturated rings. The van der Waals surface area contributed by atoms with Gasteiger partial charge in [-0.05, 0) is 0 Å². The Morgan fingerprint density at radius 3 is 0.333 bits per heavy atom. The van der Waals surface area contributed by atoms with Crippen LogP contribution in [0.4, 0.5) is 0 Å². The van der Waals surface area contributed by atoms with E-state index >= 15 is 0 Å². The molecule has 9 heteroatoms. The molecule has 0 unspecified atom stereocenters. The van der Waals surface area contributed by atoms with Crippen LogP contribution in [0.1, 0.15) is 0 Å². The average molecular weight is 658 g/mol. The second-order valence-electron chi connectivity index (χ2n) is 0. The van der Waals surface area contributed by atoms with Crippen molar-refractivity contribution >= 4 is 0 Å². The van der Waals surface area contributed by atoms with Gasteiger partial charge in [0, 0.05) is 62.2 Å². The van der Waals surface area contributed by atoms with E-state index in [1.165, 1.54) is 0 Å². The summed E-state index contributed by atoms with van der Waals surface area (Å²) in [5.41, 5.74) is 0. The summed E-state index contributed by atoms with van der Waals surface area (Å²) in [7, 11) is 0. The summed E-state index contributed by atoms with van der Waals surface area (Å²) in [6.45, 7) is 0. The second-order valence-corrected chi connectivity index (χ2v) is 0. The van der Waals surface area contributed by atoms with Crippen molar-refractivity contribution in [2.75, 3.05) is 0 Å². The minimum atomic E-state index is 0. The van der Waals surface area contributed by atoms with Crippen LogP contribution < -0.4 is 0 Å². The first-order valence-corrected chi connectivity index (χ1v) is 0. The Bertz CT molecular complexity index is 12.9. The van der Waals surface area contributed by atoms with Gasteiger partial charge in [-0.1, -0.05) is 0 Å². The molecule has 0 aromatic heterocycles. The number of hydrogen-bond acceptors (Lipinski definition) is 0. The molecule has 0 aromatic carbocycles. The second kappa shape index (κ2) is 119. The summed E-state index contributed by atoms with van der Waals surface area (Å²) < 4.78 is 0. The van der Waals surface area contributed by atoms with E-state index < -0.39 is 0 Å². The molecule has 0 aliphatic heterocycles. The molecule has 0 rings (SSSR count). The van der Waals surface area contributed by atoms with Crippen molar-refractivity contribution in [3.05, 3.63) is 0 Å². The van der Waals surface area contributed by atoms with Crippen LogP contribution in [0, 0.1) is 62.2 Å². The first-order chi connectivity index (χ1) is 0. The van der Waals surface area contributed by atoms with Gasteiger partial charge in [0.2, 0.25) is 0 Å². The van der Waals surface area contributed by atoms with Crippen molar-refractivity contribution < 1.29 is 127 Å². The van der Waals surface area contributed by atoms with Gasteiger partial charge >= 0.3 is 37.1 Å². The molecule has 5 nitrogen and oxygen atoms in total. The smallest absolute Gasteiger partial charge is 2.00 e. The van der Waals surface area contributed by atoms with Crippen molar-refractivity contribution in [2.24, 2.45) is 0 Å². The third-order valence-corrected chi connectivity index (χ3v) is 0. The van der Waals surface area contributed by atoms with Crippen LogP contribution in [0.5, 0.6) is 0 Å². The summed E-state index contributed by atoms with van der Waals surface area (Å²) in [6, 6.07) is 0. The van der Waals surface area contributed by atoms with Crippen molar-refractivity contribution in [1.29, 1.82) is 0 Å². The molecule has 0 spiro atoms. The molecule has 48 valence electrons. The van der Waals surface area contributed by atoms with E-state index in [-0.39, 0.29) is 127 Å². The van der Waals surface area contributed by atoms with Crippen LogP contribution in [0.3, 0.4) is 0 Å². The molecule has 9 heavy (non-hydrogen) atoms. The molecule has 0 amide bonds. The fourth-order valence-corrected chi connectivity index (χ4v) is 0. The van der Waals surface area contributed by atoms with E-state index in [0.717, 1.165) is 0 Å². The van der Waals surface area contributed by atoms with Crippen molar-refractivity contribution in [3.63, 3.8) is 0 Å². The van der Waals surface area contributed by atoms with Gasteiger partial charge in [0.1, 0.15) is 0 Å². The minimum Gasteiger partial charge on any atom is -2.00 e. The van der Waals surface area contributed by atoms with Crippen LogP contribution >= 0.6 is 0 Å². The van der Waals surface area contributed by atoms with Crippen LogP contribution in [0.2, 0.25) is 0 Å².